The van der Waals surface area contributed by atoms with Crippen molar-refractivity contribution in [1.29, 1.82) is 0 Å². The maximum absolute atomic E-state index is 13.5. The van der Waals surface area contributed by atoms with Gasteiger partial charge in [0.1, 0.15) is 19.4 Å². The van der Waals surface area contributed by atoms with Crippen LogP contribution >= 0.6 is 0 Å². The number of para-hydroxylation sites is 1. The minimum Gasteiger partial charge on any atom is -0.504 e. The highest BCUT2D eigenvalue weighted by molar-refractivity contribution is 6.12. The molecule has 5 rings (SSSR count). The molecule has 7 heteroatoms. The Morgan fingerprint density at radius 2 is 1.83 bits per heavy atom. The predicted molar refractivity (Wildman–Crippen MR) is 112 cm³/mol. The number of nitrogens with one attached hydrogen (secondary N) is 1. The van der Waals surface area contributed by atoms with E-state index < -0.39 is 6.17 Å². The van der Waals surface area contributed by atoms with Crippen LogP contribution in [0.1, 0.15) is 22.1 Å². The number of hydrogen-bond acceptors (Lipinski definition) is 6. The van der Waals surface area contributed by atoms with Gasteiger partial charge in [0.2, 0.25) is 0 Å². The Labute approximate surface area is 173 Å². The van der Waals surface area contributed by atoms with Crippen LogP contribution in [0, 0.1) is 0 Å². The summed E-state index contributed by atoms with van der Waals surface area (Å²) in [5.41, 5.74) is 2.68. The van der Waals surface area contributed by atoms with Gasteiger partial charge < -0.3 is 24.6 Å². The molecule has 152 valence electrons. The second kappa shape index (κ2) is 7.18. The summed E-state index contributed by atoms with van der Waals surface area (Å²) >= 11 is 0. The predicted octanol–water partition coefficient (Wildman–Crippen LogP) is 3.94. The van der Waals surface area contributed by atoms with Crippen molar-refractivity contribution in [2.75, 3.05) is 30.5 Å². The fourth-order valence-electron chi connectivity index (χ4n) is 3.81. The summed E-state index contributed by atoms with van der Waals surface area (Å²) in [6.45, 7) is 0.957. The van der Waals surface area contributed by atoms with Crippen LogP contribution in [0.5, 0.6) is 23.0 Å². The highest BCUT2D eigenvalue weighted by Gasteiger charge is 2.35. The number of benzene rings is 3. The van der Waals surface area contributed by atoms with E-state index in [-0.39, 0.29) is 11.7 Å². The van der Waals surface area contributed by atoms with E-state index in [1.807, 2.05) is 30.3 Å². The fourth-order valence-corrected chi connectivity index (χ4v) is 3.81. The molecule has 0 radical (unpaired) electrons. The van der Waals surface area contributed by atoms with Crippen molar-refractivity contribution in [2.45, 2.75) is 6.17 Å². The summed E-state index contributed by atoms with van der Waals surface area (Å²) in [6, 6.07) is 17.9. The molecule has 2 aliphatic rings. The zero-order valence-electron chi connectivity index (χ0n) is 16.3. The molecule has 7 nitrogen and oxygen atoms in total. The maximum Gasteiger partial charge on any atom is 0.262 e. The first-order chi connectivity index (χ1) is 14.7. The fraction of sp³-hybridized carbons (Fsp3) is 0.174. The summed E-state index contributed by atoms with van der Waals surface area (Å²) in [4.78, 5) is 15.2. The number of nitrogens with zero attached hydrogens (tertiary/aromatic N) is 1. The van der Waals surface area contributed by atoms with Crippen LogP contribution in [0.3, 0.4) is 0 Å². The van der Waals surface area contributed by atoms with E-state index in [2.05, 4.69) is 5.32 Å². The number of phenols is 1. The van der Waals surface area contributed by atoms with Crippen molar-refractivity contribution in [3.8, 4) is 23.0 Å². The second-order valence-electron chi connectivity index (χ2n) is 7.03. The van der Waals surface area contributed by atoms with Crippen LogP contribution in [0.15, 0.2) is 60.7 Å². The average Bonchev–Trinajstić information content (AvgIpc) is 2.78. The lowest BCUT2D eigenvalue weighted by Gasteiger charge is -2.38. The maximum atomic E-state index is 13.5. The number of ether oxygens (including phenoxy) is 3. The van der Waals surface area contributed by atoms with E-state index >= 15 is 0 Å². The number of hydrogen-bond donors (Lipinski definition) is 2. The van der Waals surface area contributed by atoms with Crippen LogP contribution in [0.25, 0.3) is 0 Å². The van der Waals surface area contributed by atoms with Gasteiger partial charge in [-0.15, -0.1) is 0 Å². The van der Waals surface area contributed by atoms with Gasteiger partial charge >= 0.3 is 0 Å². The second-order valence-corrected chi connectivity index (χ2v) is 7.03. The summed E-state index contributed by atoms with van der Waals surface area (Å²) in [7, 11) is 1.49. The Balaban J connectivity index is 1.63. The number of carbonyl (C=O) groups is 1. The third-order valence-corrected chi connectivity index (χ3v) is 5.25. The number of carbonyl (C=O) groups excluding carboxylic acids is 1. The van der Waals surface area contributed by atoms with Crippen LogP contribution in [0.4, 0.5) is 11.4 Å². The zero-order chi connectivity index (χ0) is 20.7. The molecule has 0 aliphatic carbocycles. The molecule has 2 heterocycles. The summed E-state index contributed by atoms with van der Waals surface area (Å²) < 4.78 is 16.5. The smallest absolute Gasteiger partial charge is 0.262 e. The van der Waals surface area contributed by atoms with Gasteiger partial charge in [-0.25, -0.2) is 0 Å². The Morgan fingerprint density at radius 3 is 2.63 bits per heavy atom. The van der Waals surface area contributed by atoms with Crippen LogP contribution in [-0.2, 0) is 0 Å². The number of fused-ring (bicyclic) bond motifs is 2. The minimum absolute atomic E-state index is 0.00484. The summed E-state index contributed by atoms with van der Waals surface area (Å²) in [6.07, 6.45) is -0.535. The molecule has 0 bridgehead atoms. The van der Waals surface area contributed by atoms with Gasteiger partial charge in [0, 0.05) is 11.8 Å². The van der Waals surface area contributed by atoms with Crippen LogP contribution in [-0.4, -0.2) is 31.3 Å². The van der Waals surface area contributed by atoms with E-state index in [9.17, 15) is 9.90 Å². The average molecular weight is 404 g/mol. The molecule has 0 aromatic heterocycles. The van der Waals surface area contributed by atoms with Gasteiger partial charge in [-0.2, -0.15) is 0 Å². The number of methoxy groups -OCH3 is 1. The first-order valence-corrected chi connectivity index (χ1v) is 9.61. The standard InChI is InChI=1S/C23H20N2O5/c1-28-19-8-6-14(12-18(19)26)22-24-17-5-3-2-4-16(17)23(27)25(22)15-7-9-20-21(13-15)30-11-10-29-20/h2-9,12-13,22,24,26H,10-11H2,1H3. The first-order valence-electron chi connectivity index (χ1n) is 9.61. The van der Waals surface area contributed by atoms with Gasteiger partial charge in [0.25, 0.3) is 5.91 Å². The van der Waals surface area contributed by atoms with Crippen LogP contribution in [0.2, 0.25) is 0 Å². The lowest BCUT2D eigenvalue weighted by molar-refractivity contribution is 0.0974. The molecule has 1 atom stereocenters. The summed E-state index contributed by atoms with van der Waals surface area (Å²) in [5.74, 6) is 1.47. The van der Waals surface area contributed by atoms with Crippen molar-refractivity contribution in [3.05, 3.63) is 71.8 Å². The molecule has 1 amide bonds. The van der Waals surface area contributed by atoms with Crippen LogP contribution < -0.4 is 24.4 Å². The highest BCUT2D eigenvalue weighted by Crippen LogP contribution is 2.41. The van der Waals surface area contributed by atoms with Gasteiger partial charge in [-0.3, -0.25) is 9.69 Å². The Hall–Kier alpha value is -3.87. The van der Waals surface area contributed by atoms with E-state index in [0.717, 1.165) is 5.69 Å². The number of anilines is 2. The number of rotatable bonds is 3. The number of amides is 1. The summed E-state index contributed by atoms with van der Waals surface area (Å²) in [5, 5.41) is 13.7. The van der Waals surface area contributed by atoms with Crippen molar-refractivity contribution >= 4 is 17.3 Å². The molecular formula is C23H20N2O5. The SMILES string of the molecule is COc1ccc(C2Nc3ccccc3C(=O)N2c2ccc3c(c2)OCCO3)cc1O. The third-order valence-electron chi connectivity index (χ3n) is 5.25. The monoisotopic (exact) mass is 404 g/mol. The minimum atomic E-state index is -0.535. The first kappa shape index (κ1) is 18.2. The van der Waals surface area contributed by atoms with Crippen molar-refractivity contribution < 1.29 is 24.1 Å². The van der Waals surface area contributed by atoms with Crippen molar-refractivity contribution in [1.82, 2.24) is 0 Å². The molecular weight excluding hydrogens is 384 g/mol. The molecule has 3 aromatic carbocycles. The highest BCUT2D eigenvalue weighted by atomic mass is 16.6. The molecule has 1 unspecified atom stereocenters. The zero-order valence-corrected chi connectivity index (χ0v) is 16.3. The normalized spacial score (nSPS) is 17.2. The quantitative estimate of drug-likeness (QED) is 0.688. The lowest BCUT2D eigenvalue weighted by Crippen LogP contribution is -2.43. The molecule has 3 aromatic rings. The Kier molecular flexibility index (Phi) is 4.35. The van der Waals surface area contributed by atoms with Crippen molar-refractivity contribution in [3.63, 3.8) is 0 Å². The number of aromatic hydroxyl groups is 1. The molecule has 0 saturated heterocycles. The lowest BCUT2D eigenvalue weighted by atomic mass is 10.0. The largest absolute Gasteiger partial charge is 0.504 e. The van der Waals surface area contributed by atoms with E-state index in [4.69, 9.17) is 14.2 Å². The molecule has 0 spiro atoms. The van der Waals surface area contributed by atoms with Gasteiger partial charge in [0.05, 0.1) is 18.4 Å². The Morgan fingerprint density at radius 1 is 1.03 bits per heavy atom. The molecule has 2 N–H and O–H groups in total. The molecule has 0 fully saturated rings. The topological polar surface area (TPSA) is 80.3 Å². The molecule has 30 heavy (non-hydrogen) atoms. The van der Waals surface area contributed by atoms with E-state index in [1.165, 1.54) is 7.11 Å². The molecule has 2 aliphatic heterocycles. The van der Waals surface area contributed by atoms with E-state index in [1.54, 1.807) is 35.2 Å². The Bertz CT molecular complexity index is 1130. The molecule has 0 saturated carbocycles. The third kappa shape index (κ3) is 2.95. The van der Waals surface area contributed by atoms with Gasteiger partial charge in [0.15, 0.2) is 23.0 Å². The number of phenolic OH excluding ortho intramolecular Hbond substituents is 1. The van der Waals surface area contributed by atoms with Crippen molar-refractivity contribution in [2.24, 2.45) is 0 Å². The van der Waals surface area contributed by atoms with Gasteiger partial charge in [-0.1, -0.05) is 18.2 Å². The van der Waals surface area contributed by atoms with Gasteiger partial charge in [-0.05, 0) is 42.0 Å². The van der Waals surface area contributed by atoms with E-state index in [0.29, 0.717) is 47.3 Å².